The number of benzene rings is 1. The fourth-order valence-corrected chi connectivity index (χ4v) is 3.92. The van der Waals surface area contributed by atoms with Crippen molar-refractivity contribution >= 4 is 11.8 Å². The molecule has 0 aliphatic heterocycles. The number of carbonyl (C=O) groups is 2. The molecule has 0 heterocycles. The number of ether oxygens (including phenoxy) is 1. The fourth-order valence-electron chi connectivity index (χ4n) is 3.92. The first kappa shape index (κ1) is 25.3. The SMILES string of the molecule is O=C(CCCCCC(=O)C1CCCCCCCCC1)Oc1c(F)c(F)c(F)c(F)c1F. The zero-order chi connectivity index (χ0) is 22.8. The molecule has 0 bridgehead atoms. The summed E-state index contributed by atoms with van der Waals surface area (Å²) in [5.41, 5.74) is 0. The Morgan fingerprint density at radius 3 is 1.65 bits per heavy atom. The van der Waals surface area contributed by atoms with Crippen molar-refractivity contribution in [3.8, 4) is 5.75 Å². The van der Waals surface area contributed by atoms with E-state index in [1.165, 1.54) is 19.3 Å². The number of esters is 1. The van der Waals surface area contributed by atoms with E-state index in [0.29, 0.717) is 19.3 Å². The van der Waals surface area contributed by atoms with E-state index in [0.717, 1.165) is 38.5 Å². The summed E-state index contributed by atoms with van der Waals surface area (Å²) in [6, 6.07) is 0. The Kier molecular flexibility index (Phi) is 10.4. The molecule has 1 aromatic carbocycles. The number of hydrogen-bond acceptors (Lipinski definition) is 3. The second-order valence-corrected chi connectivity index (χ2v) is 8.15. The van der Waals surface area contributed by atoms with Gasteiger partial charge in [-0.05, 0) is 25.7 Å². The third kappa shape index (κ3) is 7.58. The van der Waals surface area contributed by atoms with E-state index >= 15 is 0 Å². The van der Waals surface area contributed by atoms with E-state index in [1.54, 1.807) is 0 Å². The summed E-state index contributed by atoms with van der Waals surface area (Å²) in [6.07, 6.45) is 11.6. The van der Waals surface area contributed by atoms with Gasteiger partial charge in [0.1, 0.15) is 5.78 Å². The van der Waals surface area contributed by atoms with E-state index in [4.69, 9.17) is 0 Å². The average Bonchev–Trinajstić information content (AvgIpc) is 2.77. The number of rotatable bonds is 8. The maximum Gasteiger partial charge on any atom is 0.311 e. The van der Waals surface area contributed by atoms with Gasteiger partial charge in [-0.15, -0.1) is 0 Å². The third-order valence-corrected chi connectivity index (χ3v) is 5.75. The lowest BCUT2D eigenvalue weighted by atomic mass is 9.87. The molecule has 0 spiro atoms. The van der Waals surface area contributed by atoms with Crippen molar-refractivity contribution in [1.82, 2.24) is 0 Å². The molecule has 1 aromatic rings. The largest absolute Gasteiger partial charge is 0.420 e. The lowest BCUT2D eigenvalue weighted by Gasteiger charge is -2.17. The molecule has 0 aromatic heterocycles. The van der Waals surface area contributed by atoms with Crippen LogP contribution in [-0.4, -0.2) is 11.8 Å². The highest BCUT2D eigenvalue weighted by molar-refractivity contribution is 5.80. The van der Waals surface area contributed by atoms with Gasteiger partial charge in [0.05, 0.1) is 0 Å². The summed E-state index contributed by atoms with van der Waals surface area (Å²) in [5.74, 6) is -13.4. The molecule has 174 valence electrons. The van der Waals surface area contributed by atoms with Crippen LogP contribution in [0.15, 0.2) is 0 Å². The lowest BCUT2D eigenvalue weighted by molar-refractivity contribution is -0.135. The van der Waals surface area contributed by atoms with Crippen LogP contribution in [0.1, 0.15) is 89.9 Å². The molecule has 2 rings (SSSR count). The van der Waals surface area contributed by atoms with Crippen LogP contribution in [0.2, 0.25) is 0 Å². The normalized spacial score (nSPS) is 16.2. The summed E-state index contributed by atoms with van der Waals surface area (Å²) in [4.78, 5) is 24.2. The zero-order valence-corrected chi connectivity index (χ0v) is 17.6. The standard InChI is InChI=1S/C23H29F5O3/c24-18-19(25)21(27)23(22(28)20(18)26)31-17(30)14-10-6-9-13-16(29)15-11-7-4-2-1-3-5-8-12-15/h15H,1-14H2. The van der Waals surface area contributed by atoms with Crippen LogP contribution < -0.4 is 4.74 Å². The molecule has 1 saturated carbocycles. The number of carbonyl (C=O) groups excluding carboxylic acids is 2. The highest BCUT2D eigenvalue weighted by Gasteiger charge is 2.28. The summed E-state index contributed by atoms with van der Waals surface area (Å²) < 4.78 is 70.7. The average molecular weight is 448 g/mol. The molecule has 0 saturated heterocycles. The molecule has 0 N–H and O–H groups in total. The summed E-state index contributed by atoms with van der Waals surface area (Å²) in [6.45, 7) is 0. The van der Waals surface area contributed by atoms with Crippen LogP contribution in [0, 0.1) is 35.0 Å². The quantitative estimate of drug-likeness (QED) is 0.108. The van der Waals surface area contributed by atoms with Crippen molar-refractivity contribution in [3.05, 3.63) is 29.1 Å². The van der Waals surface area contributed by atoms with Gasteiger partial charge in [0.15, 0.2) is 0 Å². The van der Waals surface area contributed by atoms with Crippen molar-refractivity contribution in [2.24, 2.45) is 5.92 Å². The molecular formula is C23H29F5O3. The Labute approximate surface area is 179 Å². The Hall–Kier alpha value is -1.99. The van der Waals surface area contributed by atoms with Crippen molar-refractivity contribution in [3.63, 3.8) is 0 Å². The first-order valence-corrected chi connectivity index (χ1v) is 11.1. The Balaban J connectivity index is 1.72. The van der Waals surface area contributed by atoms with Gasteiger partial charge in [-0.3, -0.25) is 9.59 Å². The Bertz CT molecular complexity index is 727. The fraction of sp³-hybridized carbons (Fsp3) is 0.652. The van der Waals surface area contributed by atoms with Crippen molar-refractivity contribution < 1.29 is 36.3 Å². The van der Waals surface area contributed by atoms with Crippen LogP contribution in [0.25, 0.3) is 0 Å². The van der Waals surface area contributed by atoms with E-state index in [1.807, 2.05) is 0 Å². The maximum atomic E-state index is 13.5. The Morgan fingerprint density at radius 2 is 1.10 bits per heavy atom. The van der Waals surface area contributed by atoms with Crippen LogP contribution in [0.4, 0.5) is 22.0 Å². The van der Waals surface area contributed by atoms with Gasteiger partial charge in [-0.2, -0.15) is 8.78 Å². The monoisotopic (exact) mass is 448 g/mol. The molecular weight excluding hydrogens is 419 g/mol. The van der Waals surface area contributed by atoms with Gasteiger partial charge >= 0.3 is 5.97 Å². The molecule has 31 heavy (non-hydrogen) atoms. The van der Waals surface area contributed by atoms with Crippen molar-refractivity contribution in [2.75, 3.05) is 0 Å². The van der Waals surface area contributed by atoms with Gasteiger partial charge in [0.2, 0.25) is 34.8 Å². The summed E-state index contributed by atoms with van der Waals surface area (Å²) in [7, 11) is 0. The summed E-state index contributed by atoms with van der Waals surface area (Å²) in [5, 5.41) is 0. The first-order chi connectivity index (χ1) is 14.8. The van der Waals surface area contributed by atoms with E-state index in [2.05, 4.69) is 4.74 Å². The van der Waals surface area contributed by atoms with E-state index in [-0.39, 0.29) is 24.5 Å². The predicted octanol–water partition coefficient (Wildman–Crippen LogP) is 6.95. The highest BCUT2D eigenvalue weighted by atomic mass is 19.2. The minimum atomic E-state index is -2.31. The number of halogens is 5. The molecule has 3 nitrogen and oxygen atoms in total. The van der Waals surface area contributed by atoms with Crippen LogP contribution in [0.3, 0.4) is 0 Å². The Morgan fingerprint density at radius 1 is 0.645 bits per heavy atom. The first-order valence-electron chi connectivity index (χ1n) is 11.1. The van der Waals surface area contributed by atoms with Crippen molar-refractivity contribution in [1.29, 1.82) is 0 Å². The zero-order valence-electron chi connectivity index (χ0n) is 17.6. The molecule has 1 fully saturated rings. The van der Waals surface area contributed by atoms with Crippen LogP contribution in [0.5, 0.6) is 5.75 Å². The minimum absolute atomic E-state index is 0.0947. The topological polar surface area (TPSA) is 43.4 Å². The molecule has 1 aliphatic rings. The van der Waals surface area contributed by atoms with Gasteiger partial charge < -0.3 is 4.74 Å². The number of Topliss-reactive ketones (excluding diaryl/α,β-unsaturated/α-hetero) is 1. The van der Waals surface area contributed by atoms with Gasteiger partial charge in [-0.25, -0.2) is 13.2 Å². The van der Waals surface area contributed by atoms with Crippen molar-refractivity contribution in [2.45, 2.75) is 89.9 Å². The smallest absolute Gasteiger partial charge is 0.311 e. The van der Waals surface area contributed by atoms with Gasteiger partial charge in [-0.1, -0.05) is 51.4 Å². The van der Waals surface area contributed by atoms with E-state index < -0.39 is 40.8 Å². The number of hydrogen-bond donors (Lipinski definition) is 0. The molecule has 0 unspecified atom stereocenters. The number of unbranched alkanes of at least 4 members (excludes halogenated alkanes) is 2. The van der Waals surface area contributed by atoms with Gasteiger partial charge in [0.25, 0.3) is 0 Å². The molecule has 0 radical (unpaired) electrons. The molecule has 8 heteroatoms. The number of ketones is 1. The predicted molar refractivity (Wildman–Crippen MR) is 105 cm³/mol. The molecule has 0 atom stereocenters. The second-order valence-electron chi connectivity index (χ2n) is 8.15. The van der Waals surface area contributed by atoms with E-state index in [9.17, 15) is 31.5 Å². The van der Waals surface area contributed by atoms with Crippen LogP contribution in [-0.2, 0) is 9.59 Å². The summed E-state index contributed by atoms with van der Waals surface area (Å²) >= 11 is 0. The maximum absolute atomic E-state index is 13.5. The van der Waals surface area contributed by atoms with Crippen LogP contribution >= 0.6 is 0 Å². The lowest BCUT2D eigenvalue weighted by Crippen LogP contribution is -2.15. The van der Waals surface area contributed by atoms with Gasteiger partial charge in [0, 0.05) is 18.8 Å². The highest BCUT2D eigenvalue weighted by Crippen LogP contribution is 2.29. The second kappa shape index (κ2) is 12.8. The molecule has 0 amide bonds. The third-order valence-electron chi connectivity index (χ3n) is 5.75. The minimum Gasteiger partial charge on any atom is -0.420 e. The molecule has 1 aliphatic carbocycles.